The highest BCUT2D eigenvalue weighted by molar-refractivity contribution is 6.04. The van der Waals surface area contributed by atoms with E-state index in [-0.39, 0.29) is 5.91 Å². The standard InChI is InChI=1S/C25H24N2O2/c28-18-20-5-9-22(10-6-20)25(29)26-24-11-7-19(8-12-24)13-15-27-16-14-21-3-1-2-4-23(21)17-27/h1-12,18H,13-17H2,(H,26,29). The van der Waals surface area contributed by atoms with Crippen LogP contribution < -0.4 is 5.32 Å². The molecular weight excluding hydrogens is 360 g/mol. The average molecular weight is 384 g/mol. The van der Waals surface area contributed by atoms with Crippen LogP contribution in [0.25, 0.3) is 0 Å². The van der Waals surface area contributed by atoms with Crippen molar-refractivity contribution in [3.8, 4) is 0 Å². The zero-order chi connectivity index (χ0) is 20.1. The summed E-state index contributed by atoms with van der Waals surface area (Å²) in [6, 6.07) is 23.3. The van der Waals surface area contributed by atoms with Gasteiger partial charge in [0.1, 0.15) is 6.29 Å². The number of anilines is 1. The van der Waals surface area contributed by atoms with Crippen LogP contribution in [0, 0.1) is 0 Å². The molecule has 0 unspecified atom stereocenters. The summed E-state index contributed by atoms with van der Waals surface area (Å²) in [6.45, 7) is 3.16. The number of fused-ring (bicyclic) bond motifs is 1. The molecule has 0 atom stereocenters. The third kappa shape index (κ3) is 4.79. The zero-order valence-corrected chi connectivity index (χ0v) is 16.3. The highest BCUT2D eigenvalue weighted by atomic mass is 16.1. The Morgan fingerprint density at radius 3 is 2.38 bits per heavy atom. The third-order valence-electron chi connectivity index (χ3n) is 5.45. The summed E-state index contributed by atoms with van der Waals surface area (Å²) in [6.07, 6.45) is 2.88. The molecule has 146 valence electrons. The van der Waals surface area contributed by atoms with E-state index in [1.165, 1.54) is 16.7 Å². The normalized spacial score (nSPS) is 13.5. The summed E-state index contributed by atoms with van der Waals surface area (Å²) in [5.41, 5.74) is 6.04. The molecule has 4 nitrogen and oxygen atoms in total. The lowest BCUT2D eigenvalue weighted by atomic mass is 9.99. The first-order chi connectivity index (χ1) is 14.2. The summed E-state index contributed by atoms with van der Waals surface area (Å²) >= 11 is 0. The molecule has 1 N–H and O–H groups in total. The van der Waals surface area contributed by atoms with Gasteiger partial charge in [0.05, 0.1) is 0 Å². The molecule has 0 saturated carbocycles. The van der Waals surface area contributed by atoms with Crippen molar-refractivity contribution in [1.29, 1.82) is 0 Å². The molecule has 3 aromatic rings. The summed E-state index contributed by atoms with van der Waals surface area (Å²) in [7, 11) is 0. The molecule has 1 aliphatic heterocycles. The van der Waals surface area contributed by atoms with Crippen LogP contribution in [0.5, 0.6) is 0 Å². The molecule has 3 aromatic carbocycles. The van der Waals surface area contributed by atoms with Crippen molar-refractivity contribution < 1.29 is 9.59 Å². The molecule has 0 fully saturated rings. The fourth-order valence-corrected chi connectivity index (χ4v) is 3.70. The smallest absolute Gasteiger partial charge is 0.255 e. The van der Waals surface area contributed by atoms with Gasteiger partial charge >= 0.3 is 0 Å². The molecule has 0 spiro atoms. The molecule has 0 radical (unpaired) electrons. The van der Waals surface area contributed by atoms with Gasteiger partial charge < -0.3 is 5.32 Å². The Bertz CT molecular complexity index is 994. The molecule has 29 heavy (non-hydrogen) atoms. The first kappa shape index (κ1) is 19.1. The third-order valence-corrected chi connectivity index (χ3v) is 5.45. The van der Waals surface area contributed by atoms with Crippen molar-refractivity contribution in [2.24, 2.45) is 0 Å². The maximum absolute atomic E-state index is 12.3. The summed E-state index contributed by atoms with van der Waals surface area (Å²) < 4.78 is 0. The van der Waals surface area contributed by atoms with Crippen molar-refractivity contribution in [2.45, 2.75) is 19.4 Å². The van der Waals surface area contributed by atoms with Gasteiger partial charge in [-0.2, -0.15) is 0 Å². The van der Waals surface area contributed by atoms with E-state index in [9.17, 15) is 9.59 Å². The van der Waals surface area contributed by atoms with Crippen LogP contribution in [-0.2, 0) is 19.4 Å². The first-order valence-electron chi connectivity index (χ1n) is 9.96. The molecule has 0 aliphatic carbocycles. The van der Waals surface area contributed by atoms with E-state index in [1.54, 1.807) is 24.3 Å². The van der Waals surface area contributed by atoms with E-state index in [2.05, 4.69) is 46.6 Å². The second-order valence-electron chi connectivity index (χ2n) is 7.44. The maximum Gasteiger partial charge on any atom is 0.255 e. The summed E-state index contributed by atoms with van der Waals surface area (Å²) in [4.78, 5) is 25.5. The number of nitrogens with one attached hydrogen (secondary N) is 1. The number of carbonyl (C=O) groups excluding carboxylic acids is 2. The number of amides is 1. The topological polar surface area (TPSA) is 49.4 Å². The van der Waals surface area contributed by atoms with Gasteiger partial charge in [0.2, 0.25) is 0 Å². The van der Waals surface area contributed by atoms with E-state index in [0.29, 0.717) is 11.1 Å². The van der Waals surface area contributed by atoms with Crippen molar-refractivity contribution in [3.05, 3.63) is 101 Å². The van der Waals surface area contributed by atoms with Crippen LogP contribution in [0.3, 0.4) is 0 Å². The highest BCUT2D eigenvalue weighted by Gasteiger charge is 2.15. The SMILES string of the molecule is O=Cc1ccc(C(=O)Nc2ccc(CCN3CCc4ccccc4C3)cc2)cc1. The number of hydrogen-bond donors (Lipinski definition) is 1. The molecule has 1 heterocycles. The van der Waals surface area contributed by atoms with Crippen LogP contribution in [0.15, 0.2) is 72.8 Å². The minimum absolute atomic E-state index is 0.179. The lowest BCUT2D eigenvalue weighted by molar-refractivity contribution is 0.102. The summed E-state index contributed by atoms with van der Waals surface area (Å²) in [5.74, 6) is -0.179. The lowest BCUT2D eigenvalue weighted by Crippen LogP contribution is -2.32. The predicted molar refractivity (Wildman–Crippen MR) is 115 cm³/mol. The lowest BCUT2D eigenvalue weighted by Gasteiger charge is -2.28. The molecule has 4 rings (SSSR count). The van der Waals surface area contributed by atoms with Gasteiger partial charge in [-0.3, -0.25) is 14.5 Å². The molecule has 1 aliphatic rings. The fraction of sp³-hybridized carbons (Fsp3) is 0.200. The van der Waals surface area contributed by atoms with E-state index >= 15 is 0 Å². The van der Waals surface area contributed by atoms with E-state index in [1.807, 2.05) is 12.1 Å². The van der Waals surface area contributed by atoms with Gasteiger partial charge in [0.25, 0.3) is 5.91 Å². The predicted octanol–water partition coefficient (Wildman–Crippen LogP) is 4.35. The Kier molecular flexibility index (Phi) is 5.82. The van der Waals surface area contributed by atoms with Gasteiger partial charge in [-0.15, -0.1) is 0 Å². The Morgan fingerprint density at radius 2 is 1.66 bits per heavy atom. The van der Waals surface area contributed by atoms with Gasteiger partial charge in [-0.25, -0.2) is 0 Å². The van der Waals surface area contributed by atoms with Gasteiger partial charge in [-0.1, -0.05) is 48.5 Å². The molecular formula is C25H24N2O2. The van der Waals surface area contributed by atoms with Crippen LogP contribution in [0.4, 0.5) is 5.69 Å². The Labute approximate surface area is 171 Å². The quantitative estimate of drug-likeness (QED) is 0.643. The van der Waals surface area contributed by atoms with E-state index in [0.717, 1.165) is 44.4 Å². The number of hydrogen-bond acceptors (Lipinski definition) is 3. The number of benzene rings is 3. The van der Waals surface area contributed by atoms with Crippen LogP contribution in [0.1, 0.15) is 37.4 Å². The monoisotopic (exact) mass is 384 g/mol. The Hall–Kier alpha value is -3.24. The Balaban J connectivity index is 1.30. The van der Waals surface area contributed by atoms with E-state index < -0.39 is 0 Å². The average Bonchev–Trinajstić information content (AvgIpc) is 2.78. The van der Waals surface area contributed by atoms with Crippen LogP contribution in [0.2, 0.25) is 0 Å². The van der Waals surface area contributed by atoms with Crippen molar-refractivity contribution in [3.63, 3.8) is 0 Å². The molecule has 1 amide bonds. The van der Waals surface area contributed by atoms with Crippen molar-refractivity contribution >= 4 is 17.9 Å². The van der Waals surface area contributed by atoms with Gasteiger partial charge in [0.15, 0.2) is 0 Å². The molecule has 0 saturated heterocycles. The van der Waals surface area contributed by atoms with Gasteiger partial charge in [-0.05, 0) is 53.8 Å². The largest absolute Gasteiger partial charge is 0.322 e. The number of carbonyl (C=O) groups is 2. The summed E-state index contributed by atoms with van der Waals surface area (Å²) in [5, 5.41) is 2.90. The second-order valence-corrected chi connectivity index (χ2v) is 7.44. The first-order valence-corrected chi connectivity index (χ1v) is 9.96. The van der Waals surface area contributed by atoms with Gasteiger partial charge in [0, 0.05) is 36.4 Å². The fourth-order valence-electron chi connectivity index (χ4n) is 3.70. The molecule has 4 heteroatoms. The minimum atomic E-state index is -0.179. The molecule has 0 bridgehead atoms. The van der Waals surface area contributed by atoms with Crippen molar-refractivity contribution in [2.75, 3.05) is 18.4 Å². The van der Waals surface area contributed by atoms with Crippen LogP contribution >= 0.6 is 0 Å². The highest BCUT2D eigenvalue weighted by Crippen LogP contribution is 2.19. The molecule has 0 aromatic heterocycles. The van der Waals surface area contributed by atoms with E-state index in [4.69, 9.17) is 0 Å². The Morgan fingerprint density at radius 1 is 0.931 bits per heavy atom. The second kappa shape index (κ2) is 8.84. The van der Waals surface area contributed by atoms with Crippen molar-refractivity contribution in [1.82, 2.24) is 4.90 Å². The maximum atomic E-state index is 12.3. The minimum Gasteiger partial charge on any atom is -0.322 e. The number of aldehydes is 1. The van der Waals surface area contributed by atoms with Crippen LogP contribution in [-0.4, -0.2) is 30.2 Å². The number of rotatable bonds is 6. The zero-order valence-electron chi connectivity index (χ0n) is 16.3. The number of nitrogens with zero attached hydrogens (tertiary/aromatic N) is 1.